The number of aromatic nitrogens is 2. The lowest BCUT2D eigenvalue weighted by atomic mass is 10.0. The molecule has 26 heavy (non-hydrogen) atoms. The molecule has 3 aromatic rings. The molecule has 5 heteroatoms. The molecule has 1 aromatic carbocycles. The molecule has 136 valence electrons. The highest BCUT2D eigenvalue weighted by Gasteiger charge is 2.21. The van der Waals surface area contributed by atoms with Gasteiger partial charge in [-0.05, 0) is 44.7 Å². The number of fused-ring (bicyclic) bond motifs is 1. The fourth-order valence-corrected chi connectivity index (χ4v) is 4.81. The summed E-state index contributed by atoms with van der Waals surface area (Å²) in [6.45, 7) is 9.64. The van der Waals surface area contributed by atoms with Crippen molar-refractivity contribution >= 4 is 27.4 Å². The van der Waals surface area contributed by atoms with Crippen LogP contribution in [0.5, 0.6) is 0 Å². The first-order valence-electron chi connectivity index (χ1n) is 9.37. The van der Waals surface area contributed by atoms with Crippen LogP contribution in [0.4, 0.5) is 5.82 Å². The maximum atomic E-state index is 4.73. The number of hydrogen-bond donors (Lipinski definition) is 1. The standard InChI is InChI=1S/C21H26N4S/c1-14-15(2)26-21-19(14)20(22-16(3)23-21)24-18-9-11-25(12-10-18)13-17-7-5-4-6-8-17/h4-8,18H,9-13H2,1-3H3,(H,22,23,24). The third-order valence-corrected chi connectivity index (χ3v) is 6.42. The van der Waals surface area contributed by atoms with E-state index in [-0.39, 0.29) is 0 Å². The van der Waals surface area contributed by atoms with Gasteiger partial charge in [0.15, 0.2) is 0 Å². The molecule has 0 spiro atoms. The minimum Gasteiger partial charge on any atom is -0.367 e. The van der Waals surface area contributed by atoms with Gasteiger partial charge in [0.05, 0.1) is 5.39 Å². The predicted molar refractivity (Wildman–Crippen MR) is 110 cm³/mol. The number of thiophene rings is 1. The highest BCUT2D eigenvalue weighted by atomic mass is 32.1. The lowest BCUT2D eigenvalue weighted by Gasteiger charge is -2.32. The quantitative estimate of drug-likeness (QED) is 0.727. The topological polar surface area (TPSA) is 41.1 Å². The fraction of sp³-hybridized carbons (Fsp3) is 0.429. The van der Waals surface area contributed by atoms with Crippen LogP contribution in [0.25, 0.3) is 10.2 Å². The Hall–Kier alpha value is -1.98. The first kappa shape index (κ1) is 17.4. The van der Waals surface area contributed by atoms with E-state index in [4.69, 9.17) is 4.98 Å². The van der Waals surface area contributed by atoms with Gasteiger partial charge in [0.2, 0.25) is 0 Å². The van der Waals surface area contributed by atoms with Gasteiger partial charge in [-0.25, -0.2) is 9.97 Å². The normalized spacial score (nSPS) is 16.3. The Morgan fingerprint density at radius 3 is 2.54 bits per heavy atom. The summed E-state index contributed by atoms with van der Waals surface area (Å²) in [7, 11) is 0. The molecule has 4 nitrogen and oxygen atoms in total. The predicted octanol–water partition coefficient (Wildman–Crippen LogP) is 4.69. The molecule has 0 unspecified atom stereocenters. The van der Waals surface area contributed by atoms with Crippen molar-refractivity contribution < 1.29 is 0 Å². The molecule has 2 aromatic heterocycles. The molecular formula is C21H26N4S. The van der Waals surface area contributed by atoms with Gasteiger partial charge in [-0.1, -0.05) is 30.3 Å². The van der Waals surface area contributed by atoms with Gasteiger partial charge in [0.25, 0.3) is 0 Å². The first-order chi connectivity index (χ1) is 12.6. The van der Waals surface area contributed by atoms with E-state index in [2.05, 4.69) is 59.4 Å². The van der Waals surface area contributed by atoms with E-state index >= 15 is 0 Å². The van der Waals surface area contributed by atoms with Crippen LogP contribution < -0.4 is 5.32 Å². The van der Waals surface area contributed by atoms with Crippen molar-refractivity contribution in [3.05, 3.63) is 52.2 Å². The van der Waals surface area contributed by atoms with Crippen LogP contribution in [0, 0.1) is 20.8 Å². The molecule has 0 bridgehead atoms. The Bertz CT molecular complexity index is 895. The molecule has 1 N–H and O–H groups in total. The summed E-state index contributed by atoms with van der Waals surface area (Å²) in [6.07, 6.45) is 2.30. The number of benzene rings is 1. The SMILES string of the molecule is Cc1nc(NC2CCN(Cc3ccccc3)CC2)c2c(C)c(C)sc2n1. The molecule has 1 aliphatic rings. The van der Waals surface area contributed by atoms with E-state index < -0.39 is 0 Å². The summed E-state index contributed by atoms with van der Waals surface area (Å²) in [5, 5.41) is 4.94. The van der Waals surface area contributed by atoms with E-state index in [0.29, 0.717) is 6.04 Å². The van der Waals surface area contributed by atoms with Crippen LogP contribution in [0.15, 0.2) is 30.3 Å². The molecule has 0 saturated carbocycles. The van der Waals surface area contributed by atoms with Crippen molar-refractivity contribution in [2.45, 2.75) is 46.2 Å². The van der Waals surface area contributed by atoms with Crippen molar-refractivity contribution in [1.29, 1.82) is 0 Å². The Balaban J connectivity index is 1.44. The summed E-state index contributed by atoms with van der Waals surface area (Å²) in [5.41, 5.74) is 2.71. The second-order valence-electron chi connectivity index (χ2n) is 7.26. The van der Waals surface area contributed by atoms with Crippen molar-refractivity contribution in [3.63, 3.8) is 0 Å². The van der Waals surface area contributed by atoms with Gasteiger partial charge < -0.3 is 5.32 Å². The van der Waals surface area contributed by atoms with Crippen LogP contribution in [0.2, 0.25) is 0 Å². The van der Waals surface area contributed by atoms with E-state index in [1.54, 1.807) is 11.3 Å². The number of rotatable bonds is 4. The summed E-state index contributed by atoms with van der Waals surface area (Å²) >= 11 is 1.77. The Morgan fingerprint density at radius 2 is 1.81 bits per heavy atom. The summed E-state index contributed by atoms with van der Waals surface area (Å²) in [6, 6.07) is 11.2. The number of hydrogen-bond acceptors (Lipinski definition) is 5. The van der Waals surface area contributed by atoms with Crippen LogP contribution in [0.1, 0.15) is 34.7 Å². The average Bonchev–Trinajstić information content (AvgIpc) is 2.91. The van der Waals surface area contributed by atoms with Crippen LogP contribution >= 0.6 is 11.3 Å². The number of likely N-dealkylation sites (tertiary alicyclic amines) is 1. The molecule has 3 heterocycles. The van der Waals surface area contributed by atoms with Gasteiger partial charge in [-0.15, -0.1) is 11.3 Å². The Morgan fingerprint density at radius 1 is 1.08 bits per heavy atom. The largest absolute Gasteiger partial charge is 0.367 e. The zero-order valence-electron chi connectivity index (χ0n) is 15.7. The monoisotopic (exact) mass is 366 g/mol. The molecule has 0 atom stereocenters. The molecule has 0 amide bonds. The molecule has 0 radical (unpaired) electrons. The number of nitrogens with one attached hydrogen (secondary N) is 1. The summed E-state index contributed by atoms with van der Waals surface area (Å²) in [4.78, 5) is 14.3. The zero-order chi connectivity index (χ0) is 18.1. The zero-order valence-corrected chi connectivity index (χ0v) is 16.6. The van der Waals surface area contributed by atoms with E-state index in [1.807, 2.05) is 6.92 Å². The highest BCUT2D eigenvalue weighted by Crippen LogP contribution is 2.34. The molecule has 1 saturated heterocycles. The Kier molecular flexibility index (Phi) is 4.92. The van der Waals surface area contributed by atoms with E-state index in [9.17, 15) is 0 Å². The third-order valence-electron chi connectivity index (χ3n) is 5.32. The fourth-order valence-electron chi connectivity index (χ4n) is 3.73. The van der Waals surface area contributed by atoms with Crippen LogP contribution in [-0.2, 0) is 6.54 Å². The van der Waals surface area contributed by atoms with E-state index in [1.165, 1.54) is 21.4 Å². The lowest BCUT2D eigenvalue weighted by molar-refractivity contribution is 0.211. The maximum absolute atomic E-state index is 4.73. The number of piperidine rings is 1. The first-order valence-corrected chi connectivity index (χ1v) is 10.2. The molecule has 4 rings (SSSR count). The van der Waals surface area contributed by atoms with Crippen LogP contribution in [-0.4, -0.2) is 34.0 Å². The molecule has 1 fully saturated rings. The number of anilines is 1. The summed E-state index contributed by atoms with van der Waals surface area (Å²) < 4.78 is 0. The molecule has 1 aliphatic heterocycles. The second-order valence-corrected chi connectivity index (χ2v) is 8.47. The number of nitrogens with zero attached hydrogens (tertiary/aromatic N) is 3. The van der Waals surface area contributed by atoms with Gasteiger partial charge >= 0.3 is 0 Å². The minimum atomic E-state index is 0.485. The lowest BCUT2D eigenvalue weighted by Crippen LogP contribution is -2.38. The second kappa shape index (κ2) is 7.33. The van der Waals surface area contributed by atoms with Gasteiger partial charge in [0, 0.05) is 30.6 Å². The highest BCUT2D eigenvalue weighted by molar-refractivity contribution is 7.18. The third kappa shape index (κ3) is 3.60. The number of aryl methyl sites for hydroxylation is 3. The van der Waals surface area contributed by atoms with Gasteiger partial charge in [-0.3, -0.25) is 4.90 Å². The summed E-state index contributed by atoms with van der Waals surface area (Å²) in [5.74, 6) is 1.87. The van der Waals surface area contributed by atoms with Crippen molar-refractivity contribution in [2.75, 3.05) is 18.4 Å². The van der Waals surface area contributed by atoms with Crippen molar-refractivity contribution in [3.8, 4) is 0 Å². The molecule has 0 aliphatic carbocycles. The Labute approximate surface area is 159 Å². The van der Waals surface area contributed by atoms with Gasteiger partial charge in [-0.2, -0.15) is 0 Å². The van der Waals surface area contributed by atoms with Gasteiger partial charge in [0.1, 0.15) is 16.5 Å². The van der Waals surface area contributed by atoms with Crippen molar-refractivity contribution in [1.82, 2.24) is 14.9 Å². The van der Waals surface area contributed by atoms with Crippen LogP contribution in [0.3, 0.4) is 0 Å². The van der Waals surface area contributed by atoms with Crippen molar-refractivity contribution in [2.24, 2.45) is 0 Å². The maximum Gasteiger partial charge on any atom is 0.139 e. The average molecular weight is 367 g/mol. The minimum absolute atomic E-state index is 0.485. The smallest absolute Gasteiger partial charge is 0.139 e. The molecular weight excluding hydrogens is 340 g/mol. The van der Waals surface area contributed by atoms with E-state index in [0.717, 1.165) is 48.9 Å².